The molecule has 0 atom stereocenters. The van der Waals surface area contributed by atoms with Crippen molar-refractivity contribution in [2.45, 2.75) is 6.61 Å². The highest BCUT2D eigenvalue weighted by atomic mass is 127. The lowest BCUT2D eigenvalue weighted by atomic mass is 10.0. The van der Waals surface area contributed by atoms with Crippen LogP contribution in [0.3, 0.4) is 0 Å². The highest BCUT2D eigenvalue weighted by Gasteiger charge is 2.13. The maximum absolute atomic E-state index is 9.64. The molecule has 3 aromatic carbocycles. The number of rotatable bonds is 6. The zero-order valence-corrected chi connectivity index (χ0v) is 20.2. The molecule has 3 nitrogen and oxygen atoms in total. The van der Waals surface area contributed by atoms with E-state index in [2.05, 4.69) is 28.7 Å². The zero-order chi connectivity index (χ0) is 21.7. The fourth-order valence-electron chi connectivity index (χ4n) is 2.74. The molecule has 0 aliphatic carbocycles. The summed E-state index contributed by atoms with van der Waals surface area (Å²) in [5.74, 6) is 1.20. The molecule has 0 fully saturated rings. The molecule has 0 radical (unpaired) electrons. The van der Waals surface area contributed by atoms with E-state index in [4.69, 9.17) is 44.3 Å². The van der Waals surface area contributed by atoms with E-state index in [9.17, 15) is 5.26 Å². The summed E-state index contributed by atoms with van der Waals surface area (Å²) in [7, 11) is 1.58. The van der Waals surface area contributed by atoms with Crippen molar-refractivity contribution in [3.63, 3.8) is 0 Å². The second-order valence-corrected chi connectivity index (χ2v) is 8.69. The summed E-state index contributed by atoms with van der Waals surface area (Å²) in [6, 6.07) is 18.4. The Hall–Kier alpha value is -1.91. The molecule has 3 rings (SSSR count). The Bertz CT molecular complexity index is 1140. The predicted molar refractivity (Wildman–Crippen MR) is 131 cm³/mol. The van der Waals surface area contributed by atoms with E-state index >= 15 is 0 Å². The van der Waals surface area contributed by atoms with Crippen LogP contribution in [-0.4, -0.2) is 7.11 Å². The molecule has 152 valence electrons. The van der Waals surface area contributed by atoms with E-state index in [-0.39, 0.29) is 0 Å². The smallest absolute Gasteiger partial charge is 0.174 e. The average Bonchev–Trinajstić information content (AvgIpc) is 2.72. The van der Waals surface area contributed by atoms with Gasteiger partial charge in [0.15, 0.2) is 11.5 Å². The van der Waals surface area contributed by atoms with Crippen molar-refractivity contribution in [1.29, 1.82) is 5.26 Å². The highest BCUT2D eigenvalue weighted by molar-refractivity contribution is 14.1. The third kappa shape index (κ3) is 5.61. The SMILES string of the molecule is COc1cc(/C=C(\C#N)c2ccc(Cl)cc2Cl)cc(I)c1OCc1ccc(Cl)cc1. The van der Waals surface area contributed by atoms with Crippen molar-refractivity contribution < 1.29 is 9.47 Å². The van der Waals surface area contributed by atoms with Gasteiger partial charge in [-0.05, 0) is 76.2 Å². The molecule has 0 bridgehead atoms. The van der Waals surface area contributed by atoms with Gasteiger partial charge in [0.05, 0.1) is 27.3 Å². The molecule has 0 heterocycles. The van der Waals surface area contributed by atoms with Crippen LogP contribution < -0.4 is 9.47 Å². The molecule has 0 spiro atoms. The first-order chi connectivity index (χ1) is 14.4. The average molecular weight is 571 g/mol. The molecule has 7 heteroatoms. The van der Waals surface area contributed by atoms with E-state index in [1.807, 2.05) is 36.4 Å². The van der Waals surface area contributed by atoms with Gasteiger partial charge < -0.3 is 9.47 Å². The number of nitrogens with zero attached hydrogens (tertiary/aromatic N) is 1. The summed E-state index contributed by atoms with van der Waals surface area (Å²) >= 11 is 20.3. The van der Waals surface area contributed by atoms with Crippen LogP contribution in [0.15, 0.2) is 54.6 Å². The Labute approximate surface area is 203 Å². The summed E-state index contributed by atoms with van der Waals surface area (Å²) in [5, 5.41) is 11.2. The molecule has 0 aliphatic rings. The molecule has 0 amide bonds. The third-order valence-corrected chi connectivity index (χ3v) is 5.80. The molecule has 30 heavy (non-hydrogen) atoms. The van der Waals surface area contributed by atoms with Gasteiger partial charge in [-0.25, -0.2) is 0 Å². The zero-order valence-electron chi connectivity index (χ0n) is 15.8. The third-order valence-electron chi connectivity index (χ3n) is 4.20. The van der Waals surface area contributed by atoms with Gasteiger partial charge >= 0.3 is 0 Å². The van der Waals surface area contributed by atoms with Crippen LogP contribution in [0, 0.1) is 14.9 Å². The van der Waals surface area contributed by atoms with Crippen molar-refractivity contribution in [2.24, 2.45) is 0 Å². The molecule has 0 unspecified atom stereocenters. The molecular weight excluding hydrogens is 556 g/mol. The predicted octanol–water partition coefficient (Wildman–Crippen LogP) is 7.90. The van der Waals surface area contributed by atoms with E-state index in [1.54, 1.807) is 31.4 Å². The van der Waals surface area contributed by atoms with Crippen LogP contribution in [0.5, 0.6) is 11.5 Å². The molecule has 0 saturated carbocycles. The Morgan fingerprint density at radius 3 is 2.37 bits per heavy atom. The van der Waals surface area contributed by atoms with Crippen LogP contribution in [0.25, 0.3) is 11.6 Å². The molecular formula is C23H15Cl3INO2. The molecule has 0 saturated heterocycles. The minimum Gasteiger partial charge on any atom is -0.493 e. The van der Waals surface area contributed by atoms with E-state index in [0.29, 0.717) is 44.3 Å². The monoisotopic (exact) mass is 569 g/mol. The maximum Gasteiger partial charge on any atom is 0.174 e. The first kappa shape index (κ1) is 22.8. The number of hydrogen-bond donors (Lipinski definition) is 0. The molecule has 0 N–H and O–H groups in total. The van der Waals surface area contributed by atoms with E-state index in [0.717, 1.165) is 14.7 Å². The highest BCUT2D eigenvalue weighted by Crippen LogP contribution is 2.36. The Kier molecular flexibility index (Phi) is 7.90. The summed E-state index contributed by atoms with van der Waals surface area (Å²) < 4.78 is 12.4. The fourth-order valence-corrected chi connectivity index (χ4v) is 4.16. The minimum atomic E-state index is 0.378. The van der Waals surface area contributed by atoms with Gasteiger partial charge in [0.25, 0.3) is 0 Å². The minimum absolute atomic E-state index is 0.378. The molecule has 0 aliphatic heterocycles. The largest absolute Gasteiger partial charge is 0.493 e. The number of halogens is 4. The topological polar surface area (TPSA) is 42.2 Å². The van der Waals surface area contributed by atoms with Gasteiger partial charge in [0.1, 0.15) is 6.61 Å². The normalized spacial score (nSPS) is 11.1. The summed E-state index contributed by atoms with van der Waals surface area (Å²) in [5.41, 5.74) is 2.81. The van der Waals surface area contributed by atoms with Gasteiger partial charge in [-0.3, -0.25) is 0 Å². The number of methoxy groups -OCH3 is 1. The molecule has 3 aromatic rings. The fraction of sp³-hybridized carbons (Fsp3) is 0.0870. The number of nitriles is 1. The summed E-state index contributed by atoms with van der Waals surface area (Å²) in [6.07, 6.45) is 1.75. The lowest BCUT2D eigenvalue weighted by Crippen LogP contribution is -2.00. The summed E-state index contributed by atoms with van der Waals surface area (Å²) in [6.45, 7) is 0.378. The van der Waals surface area contributed by atoms with Crippen LogP contribution in [0.1, 0.15) is 16.7 Å². The van der Waals surface area contributed by atoms with Crippen molar-refractivity contribution in [3.8, 4) is 17.6 Å². The second-order valence-electron chi connectivity index (χ2n) is 6.24. The second kappa shape index (κ2) is 10.4. The number of allylic oxidation sites excluding steroid dienone is 1. The van der Waals surface area contributed by atoms with E-state index in [1.165, 1.54) is 0 Å². The standard InChI is InChI=1S/C23H15Cl3INO2/c1-29-22-10-15(8-16(12-28)19-7-6-18(25)11-20(19)26)9-21(27)23(22)30-13-14-2-4-17(24)5-3-14/h2-11H,13H2,1H3/b16-8+. The first-order valence-electron chi connectivity index (χ1n) is 8.73. The van der Waals surface area contributed by atoms with Gasteiger partial charge in [-0.2, -0.15) is 5.26 Å². The first-order valence-corrected chi connectivity index (χ1v) is 10.9. The van der Waals surface area contributed by atoms with Gasteiger partial charge in [-0.15, -0.1) is 0 Å². The van der Waals surface area contributed by atoms with Crippen LogP contribution >= 0.6 is 57.4 Å². The Balaban J connectivity index is 1.91. The van der Waals surface area contributed by atoms with Crippen LogP contribution in [-0.2, 0) is 6.61 Å². The quantitative estimate of drug-likeness (QED) is 0.172. The Morgan fingerprint density at radius 2 is 1.73 bits per heavy atom. The maximum atomic E-state index is 9.64. The lowest BCUT2D eigenvalue weighted by Gasteiger charge is -2.14. The van der Waals surface area contributed by atoms with Crippen molar-refractivity contribution in [2.75, 3.05) is 7.11 Å². The number of ether oxygens (including phenoxy) is 2. The van der Waals surface area contributed by atoms with Gasteiger partial charge in [0.2, 0.25) is 0 Å². The summed E-state index contributed by atoms with van der Waals surface area (Å²) in [4.78, 5) is 0. The van der Waals surface area contributed by atoms with E-state index < -0.39 is 0 Å². The van der Waals surface area contributed by atoms with Gasteiger partial charge in [-0.1, -0.05) is 53.0 Å². The number of benzene rings is 3. The van der Waals surface area contributed by atoms with Crippen molar-refractivity contribution >= 4 is 69.0 Å². The van der Waals surface area contributed by atoms with Crippen LogP contribution in [0.2, 0.25) is 15.1 Å². The Morgan fingerprint density at radius 1 is 1.03 bits per heavy atom. The lowest BCUT2D eigenvalue weighted by molar-refractivity contribution is 0.282. The van der Waals surface area contributed by atoms with Crippen molar-refractivity contribution in [1.82, 2.24) is 0 Å². The molecule has 0 aromatic heterocycles. The van der Waals surface area contributed by atoms with Crippen LogP contribution in [0.4, 0.5) is 0 Å². The van der Waals surface area contributed by atoms with Crippen molar-refractivity contribution in [3.05, 3.63) is 89.9 Å². The number of hydrogen-bond acceptors (Lipinski definition) is 3. The van der Waals surface area contributed by atoms with Gasteiger partial charge in [0, 0.05) is 15.6 Å².